The first-order valence-electron chi connectivity index (χ1n) is 8.67. The highest BCUT2D eigenvalue weighted by molar-refractivity contribution is 6.08. The first-order valence-corrected chi connectivity index (χ1v) is 8.67. The molecule has 0 aliphatic rings. The number of halogens is 2. The maximum atomic E-state index is 12.6. The van der Waals surface area contributed by atoms with Gasteiger partial charge in [-0.1, -0.05) is 0 Å². The molecule has 1 rings (SSSR count). The number of rotatable bonds is 5. The van der Waals surface area contributed by atoms with Crippen LogP contribution in [-0.4, -0.2) is 46.9 Å². The first kappa shape index (κ1) is 23.5. The Labute approximate surface area is 163 Å². The highest BCUT2D eigenvalue weighted by Crippen LogP contribution is 2.24. The van der Waals surface area contributed by atoms with Gasteiger partial charge in [-0.15, -0.1) is 4.90 Å². The van der Waals surface area contributed by atoms with Crippen LogP contribution < -0.4 is 9.64 Å². The summed E-state index contributed by atoms with van der Waals surface area (Å²) in [5.41, 5.74) is -1.46. The smallest absolute Gasteiger partial charge is 0.427 e. The Morgan fingerprint density at radius 2 is 1.57 bits per heavy atom. The molecule has 1 heterocycles. The number of imide groups is 1. The number of nitrogens with zero attached hydrogens (tertiary/aromatic N) is 3. The van der Waals surface area contributed by atoms with E-state index in [2.05, 4.69) is 9.97 Å². The Bertz CT molecular complexity index is 671. The molecule has 0 saturated heterocycles. The average molecular weight is 403 g/mol. The fourth-order valence-electron chi connectivity index (χ4n) is 1.96. The van der Waals surface area contributed by atoms with E-state index in [0.717, 1.165) is 0 Å². The summed E-state index contributed by atoms with van der Waals surface area (Å²) >= 11 is 0. The van der Waals surface area contributed by atoms with Crippen LogP contribution in [0.25, 0.3) is 0 Å². The molecule has 0 aliphatic carbocycles. The van der Waals surface area contributed by atoms with Crippen molar-refractivity contribution < 1.29 is 32.6 Å². The molecule has 158 valence electrons. The fourth-order valence-corrected chi connectivity index (χ4v) is 1.96. The molecule has 0 bridgehead atoms. The SMILES string of the molecule is COc1nc(N(C(=O)OC(C)(C)C)C(=O)OC(C)(C)C)ncc1CCC(F)F. The summed E-state index contributed by atoms with van der Waals surface area (Å²) in [6.07, 6.45) is -3.77. The van der Waals surface area contributed by atoms with Crippen molar-refractivity contribution in [3.63, 3.8) is 0 Å². The lowest BCUT2D eigenvalue weighted by atomic mass is 10.2. The normalized spacial score (nSPS) is 11.9. The summed E-state index contributed by atoms with van der Waals surface area (Å²) in [6.45, 7) is 9.79. The highest BCUT2D eigenvalue weighted by Gasteiger charge is 2.35. The second kappa shape index (κ2) is 9.11. The van der Waals surface area contributed by atoms with Crippen LogP contribution in [0.5, 0.6) is 5.88 Å². The number of amides is 2. The molecular formula is C18H27F2N3O5. The van der Waals surface area contributed by atoms with Gasteiger partial charge in [-0.25, -0.2) is 23.4 Å². The fraction of sp³-hybridized carbons (Fsp3) is 0.667. The zero-order valence-corrected chi connectivity index (χ0v) is 17.2. The molecule has 0 unspecified atom stereocenters. The van der Waals surface area contributed by atoms with Crippen LogP contribution >= 0.6 is 0 Å². The quantitative estimate of drug-likeness (QED) is 0.721. The predicted molar refractivity (Wildman–Crippen MR) is 97.9 cm³/mol. The van der Waals surface area contributed by atoms with E-state index >= 15 is 0 Å². The van der Waals surface area contributed by atoms with Gasteiger partial charge in [0.2, 0.25) is 18.3 Å². The Morgan fingerprint density at radius 1 is 1.07 bits per heavy atom. The lowest BCUT2D eigenvalue weighted by Gasteiger charge is -2.27. The molecule has 28 heavy (non-hydrogen) atoms. The Hall–Kier alpha value is -2.52. The minimum atomic E-state index is -2.50. The molecule has 0 aromatic carbocycles. The van der Waals surface area contributed by atoms with Crippen molar-refractivity contribution in [1.29, 1.82) is 0 Å². The molecule has 10 heteroatoms. The van der Waals surface area contributed by atoms with Gasteiger partial charge in [0, 0.05) is 18.2 Å². The molecule has 0 aliphatic heterocycles. The molecular weight excluding hydrogens is 376 g/mol. The van der Waals surface area contributed by atoms with Crippen LogP contribution in [0.15, 0.2) is 6.20 Å². The zero-order chi connectivity index (χ0) is 21.7. The molecule has 1 aromatic rings. The molecule has 0 spiro atoms. The summed E-state index contributed by atoms with van der Waals surface area (Å²) < 4.78 is 40.5. The van der Waals surface area contributed by atoms with Crippen molar-refractivity contribution in [2.75, 3.05) is 12.0 Å². The Morgan fingerprint density at radius 3 is 1.96 bits per heavy atom. The maximum absolute atomic E-state index is 12.6. The molecule has 1 aromatic heterocycles. The minimum absolute atomic E-state index is 0.0252. The Kier molecular flexibility index (Phi) is 7.66. The van der Waals surface area contributed by atoms with Crippen molar-refractivity contribution in [2.45, 2.75) is 72.0 Å². The standard InChI is InChI=1S/C18H27F2N3O5/c1-17(2,3)27-15(24)23(16(25)28-18(4,5)6)14-21-10-11(8-9-12(19)20)13(22-14)26-7/h10,12H,8-9H2,1-7H3. The molecule has 0 N–H and O–H groups in total. The predicted octanol–water partition coefficient (Wildman–Crippen LogP) is 4.36. The molecule has 0 saturated carbocycles. The largest absolute Gasteiger partial charge is 0.481 e. The first-order chi connectivity index (χ1) is 12.7. The third-order valence-corrected chi connectivity index (χ3v) is 2.99. The number of methoxy groups -OCH3 is 1. The number of anilines is 1. The van der Waals surface area contributed by atoms with E-state index < -0.39 is 36.2 Å². The van der Waals surface area contributed by atoms with E-state index in [0.29, 0.717) is 10.5 Å². The molecule has 0 radical (unpaired) electrons. The maximum Gasteiger partial charge on any atom is 0.427 e. The van der Waals surface area contributed by atoms with Crippen molar-refractivity contribution in [3.05, 3.63) is 11.8 Å². The van der Waals surface area contributed by atoms with E-state index in [1.54, 1.807) is 41.5 Å². The number of hydrogen-bond acceptors (Lipinski definition) is 7. The third kappa shape index (κ3) is 7.61. The topological polar surface area (TPSA) is 90.8 Å². The summed E-state index contributed by atoms with van der Waals surface area (Å²) in [7, 11) is 1.29. The van der Waals surface area contributed by atoms with Crippen LogP contribution in [-0.2, 0) is 15.9 Å². The van der Waals surface area contributed by atoms with Gasteiger partial charge in [-0.05, 0) is 48.0 Å². The van der Waals surface area contributed by atoms with E-state index in [-0.39, 0.29) is 18.2 Å². The van der Waals surface area contributed by atoms with Gasteiger partial charge in [-0.2, -0.15) is 4.98 Å². The van der Waals surface area contributed by atoms with Crippen LogP contribution in [0.4, 0.5) is 24.3 Å². The van der Waals surface area contributed by atoms with Crippen molar-refractivity contribution in [1.82, 2.24) is 9.97 Å². The number of ether oxygens (including phenoxy) is 3. The second-order valence-electron chi connectivity index (χ2n) is 7.93. The van der Waals surface area contributed by atoms with Crippen LogP contribution in [0.3, 0.4) is 0 Å². The lowest BCUT2D eigenvalue weighted by molar-refractivity contribution is 0.0427. The Balaban J connectivity index is 3.28. The number of hydrogen-bond donors (Lipinski definition) is 0. The minimum Gasteiger partial charge on any atom is -0.481 e. The third-order valence-electron chi connectivity index (χ3n) is 2.99. The van der Waals surface area contributed by atoms with Crippen molar-refractivity contribution in [3.8, 4) is 5.88 Å². The summed E-state index contributed by atoms with van der Waals surface area (Å²) in [6, 6.07) is 0. The molecule has 8 nitrogen and oxygen atoms in total. The van der Waals surface area contributed by atoms with Gasteiger partial charge in [0.1, 0.15) is 11.2 Å². The number of alkyl halides is 2. The van der Waals surface area contributed by atoms with Crippen LogP contribution in [0, 0.1) is 0 Å². The van der Waals surface area contributed by atoms with E-state index in [9.17, 15) is 18.4 Å². The van der Waals surface area contributed by atoms with E-state index in [1.165, 1.54) is 13.3 Å². The van der Waals surface area contributed by atoms with Gasteiger partial charge in [-0.3, -0.25) is 0 Å². The highest BCUT2D eigenvalue weighted by atomic mass is 19.3. The average Bonchev–Trinajstić information content (AvgIpc) is 2.49. The molecule has 0 atom stereocenters. The van der Waals surface area contributed by atoms with Crippen LogP contribution in [0.2, 0.25) is 0 Å². The van der Waals surface area contributed by atoms with E-state index in [1.807, 2.05) is 0 Å². The van der Waals surface area contributed by atoms with Gasteiger partial charge in [0.15, 0.2) is 0 Å². The number of carbonyl (C=O) groups is 2. The summed E-state index contributed by atoms with van der Waals surface area (Å²) in [5.74, 6) is -0.371. The van der Waals surface area contributed by atoms with Crippen molar-refractivity contribution >= 4 is 18.1 Å². The monoisotopic (exact) mass is 403 g/mol. The van der Waals surface area contributed by atoms with Crippen molar-refractivity contribution in [2.24, 2.45) is 0 Å². The second-order valence-corrected chi connectivity index (χ2v) is 7.93. The van der Waals surface area contributed by atoms with Gasteiger partial charge in [0.05, 0.1) is 7.11 Å². The lowest BCUT2D eigenvalue weighted by Crippen LogP contribution is -2.44. The number of carbonyl (C=O) groups excluding carboxylic acids is 2. The summed E-state index contributed by atoms with van der Waals surface area (Å²) in [5, 5.41) is 0. The molecule has 2 amide bonds. The van der Waals surface area contributed by atoms with Crippen LogP contribution in [0.1, 0.15) is 53.5 Å². The van der Waals surface area contributed by atoms with E-state index in [4.69, 9.17) is 14.2 Å². The summed E-state index contributed by atoms with van der Waals surface area (Å²) in [4.78, 5) is 33.6. The molecule has 0 fully saturated rings. The number of aromatic nitrogens is 2. The van der Waals surface area contributed by atoms with Gasteiger partial charge < -0.3 is 14.2 Å². The zero-order valence-electron chi connectivity index (χ0n) is 17.2. The van der Waals surface area contributed by atoms with Gasteiger partial charge in [0.25, 0.3) is 0 Å². The van der Waals surface area contributed by atoms with Gasteiger partial charge >= 0.3 is 12.2 Å². The number of aryl methyl sites for hydroxylation is 1.